The number of carbonyl (C=O) groups excluding carboxylic acids is 2. The molecular weight excluding hydrogens is 436 g/mol. The maximum absolute atomic E-state index is 12.4. The lowest BCUT2D eigenvalue weighted by atomic mass is 9.96. The van der Waals surface area contributed by atoms with Crippen LogP contribution in [0.25, 0.3) is 10.8 Å². The summed E-state index contributed by atoms with van der Waals surface area (Å²) in [5.41, 5.74) is 1.13. The number of hydrogen-bond acceptors (Lipinski definition) is 7. The molecule has 1 aliphatic heterocycles. The second-order valence-corrected chi connectivity index (χ2v) is 8.73. The van der Waals surface area contributed by atoms with Gasteiger partial charge in [0.25, 0.3) is 6.47 Å². The highest BCUT2D eigenvalue weighted by Crippen LogP contribution is 2.36. The van der Waals surface area contributed by atoms with E-state index in [-0.39, 0.29) is 13.0 Å². The van der Waals surface area contributed by atoms with Crippen molar-refractivity contribution >= 4 is 23.2 Å². The third-order valence-corrected chi connectivity index (χ3v) is 5.82. The molecule has 0 amide bonds. The number of esters is 1. The van der Waals surface area contributed by atoms with Crippen LogP contribution < -0.4 is 0 Å². The van der Waals surface area contributed by atoms with E-state index in [2.05, 4.69) is 0 Å². The first kappa shape index (κ1) is 23.9. The van der Waals surface area contributed by atoms with Gasteiger partial charge in [0.1, 0.15) is 12.7 Å². The number of carbonyl (C=O) groups is 2. The minimum Gasteiger partial charge on any atom is -0.458 e. The number of fused-ring (bicyclic) bond motifs is 1. The van der Waals surface area contributed by atoms with Crippen LogP contribution in [0.3, 0.4) is 0 Å². The molecule has 1 N–H and O–H groups in total. The van der Waals surface area contributed by atoms with Crippen LogP contribution in [0.2, 0.25) is 0 Å². The first-order chi connectivity index (χ1) is 16.4. The van der Waals surface area contributed by atoms with E-state index in [1.165, 1.54) is 0 Å². The summed E-state index contributed by atoms with van der Waals surface area (Å²) in [6.07, 6.45) is -2.87. The Morgan fingerprint density at radius 2 is 1.74 bits per heavy atom. The van der Waals surface area contributed by atoms with Gasteiger partial charge >= 0.3 is 5.97 Å². The van der Waals surface area contributed by atoms with Gasteiger partial charge < -0.3 is 24.1 Å². The van der Waals surface area contributed by atoms with Crippen molar-refractivity contribution in [1.29, 1.82) is 0 Å². The van der Waals surface area contributed by atoms with Crippen molar-refractivity contribution in [2.45, 2.75) is 50.5 Å². The molecule has 7 heteroatoms. The molecule has 34 heavy (non-hydrogen) atoms. The molecule has 0 saturated carbocycles. The zero-order valence-corrected chi connectivity index (χ0v) is 19.1. The fourth-order valence-electron chi connectivity index (χ4n) is 4.23. The molecule has 0 aliphatic carbocycles. The molecule has 0 bridgehead atoms. The normalized spacial score (nSPS) is 21.0. The summed E-state index contributed by atoms with van der Waals surface area (Å²) < 4.78 is 22.7. The van der Waals surface area contributed by atoms with E-state index in [0.717, 1.165) is 16.3 Å². The maximum Gasteiger partial charge on any atom is 0.338 e. The Balaban J connectivity index is 1.48. The van der Waals surface area contributed by atoms with Gasteiger partial charge in [-0.05, 0) is 48.4 Å². The van der Waals surface area contributed by atoms with Crippen LogP contribution in [0, 0.1) is 0 Å². The molecule has 1 heterocycles. The van der Waals surface area contributed by atoms with Gasteiger partial charge in [0.15, 0.2) is 11.9 Å². The van der Waals surface area contributed by atoms with E-state index >= 15 is 0 Å². The van der Waals surface area contributed by atoms with Crippen LogP contribution in [0.5, 0.6) is 0 Å². The predicted octanol–water partition coefficient (Wildman–Crippen LogP) is 4.18. The summed E-state index contributed by atoms with van der Waals surface area (Å²) in [4.78, 5) is 23.6. The van der Waals surface area contributed by atoms with Crippen molar-refractivity contribution in [2.24, 2.45) is 0 Å². The third kappa shape index (κ3) is 5.62. The van der Waals surface area contributed by atoms with Crippen LogP contribution in [0.4, 0.5) is 0 Å². The SMILES string of the molecule is CC1(C)O[C@H]([C@@H](COC(=O)c2ccccc2)OC=O)[C@@H](CC(O)c2ccc3ccccc3c2)O1. The highest BCUT2D eigenvalue weighted by molar-refractivity contribution is 5.89. The van der Waals surface area contributed by atoms with E-state index in [4.69, 9.17) is 18.9 Å². The lowest BCUT2D eigenvalue weighted by Gasteiger charge is -2.26. The number of benzene rings is 3. The number of rotatable bonds is 9. The predicted molar refractivity (Wildman–Crippen MR) is 125 cm³/mol. The molecule has 1 saturated heterocycles. The van der Waals surface area contributed by atoms with Crippen molar-refractivity contribution in [3.63, 3.8) is 0 Å². The largest absolute Gasteiger partial charge is 0.458 e. The lowest BCUT2D eigenvalue weighted by Crippen LogP contribution is -2.41. The van der Waals surface area contributed by atoms with Crippen LogP contribution >= 0.6 is 0 Å². The summed E-state index contributed by atoms with van der Waals surface area (Å²) in [5, 5.41) is 13.1. The molecule has 0 aromatic heterocycles. The Bertz CT molecular complexity index is 1130. The number of hydrogen-bond donors (Lipinski definition) is 1. The van der Waals surface area contributed by atoms with Gasteiger partial charge in [-0.3, -0.25) is 4.79 Å². The van der Waals surface area contributed by atoms with Gasteiger partial charge in [-0.1, -0.05) is 54.6 Å². The van der Waals surface area contributed by atoms with E-state index in [1.54, 1.807) is 44.2 Å². The van der Waals surface area contributed by atoms with Gasteiger partial charge in [0.2, 0.25) is 0 Å². The molecule has 3 aromatic carbocycles. The molecule has 1 aliphatic rings. The van der Waals surface area contributed by atoms with Crippen LogP contribution in [-0.4, -0.2) is 48.3 Å². The van der Waals surface area contributed by atoms with Crippen molar-refractivity contribution < 1.29 is 33.6 Å². The fourth-order valence-corrected chi connectivity index (χ4v) is 4.23. The Hall–Kier alpha value is -3.26. The smallest absolute Gasteiger partial charge is 0.338 e. The molecule has 178 valence electrons. The Morgan fingerprint density at radius 1 is 1.03 bits per heavy atom. The first-order valence-corrected chi connectivity index (χ1v) is 11.2. The number of aliphatic hydroxyl groups excluding tert-OH is 1. The molecular formula is C27H28O7. The van der Waals surface area contributed by atoms with Crippen molar-refractivity contribution in [1.82, 2.24) is 0 Å². The summed E-state index contributed by atoms with van der Waals surface area (Å²) in [6.45, 7) is 3.58. The van der Waals surface area contributed by atoms with Crippen LogP contribution in [0.15, 0.2) is 72.8 Å². The molecule has 1 unspecified atom stereocenters. The van der Waals surface area contributed by atoms with Crippen molar-refractivity contribution in [3.05, 3.63) is 83.9 Å². The molecule has 1 fully saturated rings. The van der Waals surface area contributed by atoms with Gasteiger partial charge in [0, 0.05) is 6.42 Å². The average Bonchev–Trinajstić information content (AvgIpc) is 3.15. The van der Waals surface area contributed by atoms with Gasteiger partial charge in [0.05, 0.1) is 17.8 Å². The quantitative estimate of drug-likeness (QED) is 0.375. The second kappa shape index (κ2) is 10.3. The Labute approximate surface area is 198 Å². The monoisotopic (exact) mass is 464 g/mol. The van der Waals surface area contributed by atoms with Crippen LogP contribution in [0.1, 0.15) is 42.3 Å². The molecule has 3 aromatic rings. The van der Waals surface area contributed by atoms with E-state index < -0.39 is 36.2 Å². The Kier molecular flexibility index (Phi) is 7.26. The molecule has 4 rings (SSSR count). The number of ether oxygens (including phenoxy) is 4. The highest BCUT2D eigenvalue weighted by atomic mass is 16.8. The zero-order chi connectivity index (χ0) is 24.1. The van der Waals surface area contributed by atoms with E-state index in [9.17, 15) is 14.7 Å². The van der Waals surface area contributed by atoms with Crippen LogP contribution in [-0.2, 0) is 23.7 Å². The van der Waals surface area contributed by atoms with Gasteiger partial charge in [-0.15, -0.1) is 0 Å². The number of aliphatic hydroxyl groups is 1. The topological polar surface area (TPSA) is 91.3 Å². The summed E-state index contributed by atoms with van der Waals surface area (Å²) in [6, 6.07) is 22.2. The second-order valence-electron chi connectivity index (χ2n) is 8.73. The van der Waals surface area contributed by atoms with E-state index in [0.29, 0.717) is 12.0 Å². The summed E-state index contributed by atoms with van der Waals surface area (Å²) >= 11 is 0. The molecule has 0 radical (unpaired) electrons. The first-order valence-electron chi connectivity index (χ1n) is 11.2. The summed E-state index contributed by atoms with van der Waals surface area (Å²) in [7, 11) is 0. The van der Waals surface area contributed by atoms with Gasteiger partial charge in [-0.2, -0.15) is 0 Å². The van der Waals surface area contributed by atoms with E-state index in [1.807, 2.05) is 42.5 Å². The average molecular weight is 465 g/mol. The molecule has 4 atom stereocenters. The fraction of sp³-hybridized carbons (Fsp3) is 0.333. The standard InChI is InChI=1S/C27H28O7/c1-27(2)33-23(15-22(29)21-13-12-18-8-6-7-11-20(18)14-21)25(34-27)24(32-17-28)16-31-26(30)19-9-4-3-5-10-19/h3-14,17,22-25,29H,15-16H2,1-2H3/t22?,23-,24-,25+/m1/s1. The molecule has 0 spiro atoms. The minimum atomic E-state index is -0.966. The Morgan fingerprint density at radius 3 is 2.47 bits per heavy atom. The molecule has 7 nitrogen and oxygen atoms in total. The van der Waals surface area contributed by atoms with Crippen molar-refractivity contribution in [3.8, 4) is 0 Å². The highest BCUT2D eigenvalue weighted by Gasteiger charge is 2.47. The maximum atomic E-state index is 12.4. The third-order valence-electron chi connectivity index (χ3n) is 5.82. The minimum absolute atomic E-state index is 0.206. The van der Waals surface area contributed by atoms with Crippen molar-refractivity contribution in [2.75, 3.05) is 6.61 Å². The summed E-state index contributed by atoms with van der Waals surface area (Å²) in [5.74, 6) is -1.50. The lowest BCUT2D eigenvalue weighted by molar-refractivity contribution is -0.167. The van der Waals surface area contributed by atoms with Gasteiger partial charge in [-0.25, -0.2) is 4.79 Å². The zero-order valence-electron chi connectivity index (χ0n) is 19.1.